The van der Waals surface area contributed by atoms with Crippen LogP contribution < -0.4 is 16.0 Å². The smallest absolute Gasteiger partial charge is 0.263 e. The van der Waals surface area contributed by atoms with Gasteiger partial charge in [0.2, 0.25) is 5.91 Å². The van der Waals surface area contributed by atoms with E-state index in [1.54, 1.807) is 24.3 Å². The Kier molecular flexibility index (Phi) is 6.95. The standard InChI is InChI=1S/C20H20N4O2/c1-15(25)24-19-9-5-8-18(12-19)23-14-17(13-21)20(26)22-11-10-16-6-3-2-4-7-16/h2-9,12,14,23H,10-11H2,1H3,(H,22,26)(H,24,25)/b17-14-. The first kappa shape index (κ1) is 18.7. The zero-order valence-electron chi connectivity index (χ0n) is 14.5. The van der Waals surface area contributed by atoms with Gasteiger partial charge in [-0.05, 0) is 30.2 Å². The second-order valence-electron chi connectivity index (χ2n) is 5.57. The van der Waals surface area contributed by atoms with E-state index in [1.807, 2.05) is 36.4 Å². The average molecular weight is 348 g/mol. The number of nitriles is 1. The number of carbonyl (C=O) groups is 2. The first-order valence-corrected chi connectivity index (χ1v) is 8.15. The zero-order chi connectivity index (χ0) is 18.8. The van der Waals surface area contributed by atoms with Crippen LogP contribution in [0.25, 0.3) is 0 Å². The van der Waals surface area contributed by atoms with Gasteiger partial charge in [-0.15, -0.1) is 0 Å². The molecular formula is C20H20N4O2. The van der Waals surface area contributed by atoms with Gasteiger partial charge in [0.1, 0.15) is 11.6 Å². The highest BCUT2D eigenvalue weighted by atomic mass is 16.2. The number of hydrogen-bond donors (Lipinski definition) is 3. The molecule has 0 radical (unpaired) electrons. The molecule has 132 valence electrons. The lowest BCUT2D eigenvalue weighted by atomic mass is 10.1. The lowest BCUT2D eigenvalue weighted by molar-refractivity contribution is -0.117. The fourth-order valence-corrected chi connectivity index (χ4v) is 2.25. The van der Waals surface area contributed by atoms with Crippen molar-refractivity contribution in [3.63, 3.8) is 0 Å². The van der Waals surface area contributed by atoms with Gasteiger partial charge in [-0.3, -0.25) is 9.59 Å². The fourth-order valence-electron chi connectivity index (χ4n) is 2.25. The molecule has 0 aliphatic carbocycles. The molecule has 0 atom stereocenters. The molecule has 6 heteroatoms. The number of amides is 2. The Morgan fingerprint density at radius 3 is 2.50 bits per heavy atom. The second-order valence-corrected chi connectivity index (χ2v) is 5.57. The van der Waals surface area contributed by atoms with Crippen molar-refractivity contribution in [3.05, 3.63) is 71.9 Å². The van der Waals surface area contributed by atoms with Crippen LogP contribution in [0, 0.1) is 11.3 Å². The van der Waals surface area contributed by atoms with E-state index in [-0.39, 0.29) is 11.5 Å². The Bertz CT molecular complexity index is 838. The monoisotopic (exact) mass is 348 g/mol. The third kappa shape index (κ3) is 6.13. The Labute approximate surface area is 152 Å². The van der Waals surface area contributed by atoms with E-state index in [2.05, 4.69) is 16.0 Å². The van der Waals surface area contributed by atoms with Crippen LogP contribution in [0.4, 0.5) is 11.4 Å². The molecule has 0 saturated heterocycles. The minimum atomic E-state index is -0.436. The summed E-state index contributed by atoms with van der Waals surface area (Å²) in [6, 6.07) is 18.7. The summed E-state index contributed by atoms with van der Waals surface area (Å²) in [5, 5.41) is 17.5. The van der Waals surface area contributed by atoms with Gasteiger partial charge in [-0.2, -0.15) is 5.26 Å². The van der Waals surface area contributed by atoms with Crippen LogP contribution in [0.3, 0.4) is 0 Å². The molecule has 0 aliphatic rings. The van der Waals surface area contributed by atoms with Crippen molar-refractivity contribution < 1.29 is 9.59 Å². The lowest BCUT2D eigenvalue weighted by Gasteiger charge is -2.07. The Morgan fingerprint density at radius 1 is 1.08 bits per heavy atom. The van der Waals surface area contributed by atoms with Crippen LogP contribution in [0.5, 0.6) is 0 Å². The molecule has 0 heterocycles. The maximum Gasteiger partial charge on any atom is 0.263 e. The molecule has 26 heavy (non-hydrogen) atoms. The zero-order valence-corrected chi connectivity index (χ0v) is 14.5. The van der Waals surface area contributed by atoms with Crippen molar-refractivity contribution >= 4 is 23.2 Å². The van der Waals surface area contributed by atoms with Crippen LogP contribution >= 0.6 is 0 Å². The highest BCUT2D eigenvalue weighted by Crippen LogP contribution is 2.15. The highest BCUT2D eigenvalue weighted by molar-refractivity contribution is 5.97. The SMILES string of the molecule is CC(=O)Nc1cccc(N/C=C(/C#N)C(=O)NCCc2ccccc2)c1. The van der Waals surface area contributed by atoms with Gasteiger partial charge < -0.3 is 16.0 Å². The van der Waals surface area contributed by atoms with Gasteiger partial charge in [0, 0.05) is 31.0 Å². The van der Waals surface area contributed by atoms with E-state index >= 15 is 0 Å². The van der Waals surface area contributed by atoms with E-state index in [0.717, 1.165) is 5.56 Å². The third-order valence-electron chi connectivity index (χ3n) is 3.47. The third-order valence-corrected chi connectivity index (χ3v) is 3.47. The summed E-state index contributed by atoms with van der Waals surface area (Å²) in [5.41, 5.74) is 2.37. The largest absolute Gasteiger partial charge is 0.360 e. The van der Waals surface area contributed by atoms with Crippen molar-refractivity contribution in [1.82, 2.24) is 5.32 Å². The molecule has 6 nitrogen and oxygen atoms in total. The summed E-state index contributed by atoms with van der Waals surface area (Å²) in [7, 11) is 0. The Hall–Kier alpha value is -3.59. The van der Waals surface area contributed by atoms with E-state index < -0.39 is 5.91 Å². The first-order chi connectivity index (χ1) is 12.6. The minimum Gasteiger partial charge on any atom is -0.360 e. The van der Waals surface area contributed by atoms with Crippen molar-refractivity contribution in [2.45, 2.75) is 13.3 Å². The normalized spacial score (nSPS) is 10.5. The Balaban J connectivity index is 1.91. The average Bonchev–Trinajstić information content (AvgIpc) is 2.63. The molecule has 0 bridgehead atoms. The predicted molar refractivity (Wildman–Crippen MR) is 101 cm³/mol. The van der Waals surface area contributed by atoms with Gasteiger partial charge in [0.25, 0.3) is 5.91 Å². The molecule has 2 rings (SSSR count). The van der Waals surface area contributed by atoms with Crippen molar-refractivity contribution in [2.75, 3.05) is 17.2 Å². The van der Waals surface area contributed by atoms with Gasteiger partial charge in [-0.25, -0.2) is 0 Å². The van der Waals surface area contributed by atoms with Crippen LogP contribution in [0.2, 0.25) is 0 Å². The molecule has 2 aromatic rings. The molecule has 0 aliphatic heterocycles. The number of rotatable bonds is 7. The molecule has 2 amide bonds. The van der Waals surface area contributed by atoms with E-state index in [4.69, 9.17) is 0 Å². The molecular weight excluding hydrogens is 328 g/mol. The van der Waals surface area contributed by atoms with Gasteiger partial charge in [-0.1, -0.05) is 36.4 Å². The van der Waals surface area contributed by atoms with Crippen molar-refractivity contribution in [3.8, 4) is 6.07 Å². The van der Waals surface area contributed by atoms with E-state index in [0.29, 0.717) is 24.3 Å². The molecule has 0 unspecified atom stereocenters. The second kappa shape index (κ2) is 9.64. The summed E-state index contributed by atoms with van der Waals surface area (Å²) < 4.78 is 0. The number of carbonyl (C=O) groups excluding carboxylic acids is 2. The molecule has 0 spiro atoms. The minimum absolute atomic E-state index is 0.0250. The topological polar surface area (TPSA) is 94.0 Å². The Morgan fingerprint density at radius 2 is 1.81 bits per heavy atom. The number of hydrogen-bond acceptors (Lipinski definition) is 4. The van der Waals surface area contributed by atoms with Gasteiger partial charge in [0.15, 0.2) is 0 Å². The maximum absolute atomic E-state index is 12.1. The van der Waals surface area contributed by atoms with Crippen LogP contribution in [0.15, 0.2) is 66.4 Å². The van der Waals surface area contributed by atoms with Crippen LogP contribution in [-0.2, 0) is 16.0 Å². The van der Waals surface area contributed by atoms with E-state index in [1.165, 1.54) is 13.1 Å². The summed E-state index contributed by atoms with van der Waals surface area (Å²) >= 11 is 0. The first-order valence-electron chi connectivity index (χ1n) is 8.15. The molecule has 0 fully saturated rings. The quantitative estimate of drug-likeness (QED) is 0.530. The lowest BCUT2D eigenvalue weighted by Crippen LogP contribution is -2.27. The van der Waals surface area contributed by atoms with Crippen molar-refractivity contribution in [1.29, 1.82) is 5.26 Å². The number of benzene rings is 2. The van der Waals surface area contributed by atoms with Crippen molar-refractivity contribution in [2.24, 2.45) is 0 Å². The molecule has 3 N–H and O–H groups in total. The van der Waals surface area contributed by atoms with Crippen LogP contribution in [0.1, 0.15) is 12.5 Å². The van der Waals surface area contributed by atoms with Gasteiger partial charge in [0.05, 0.1) is 0 Å². The molecule has 0 saturated carbocycles. The summed E-state index contributed by atoms with van der Waals surface area (Å²) in [5.74, 6) is -0.609. The van der Waals surface area contributed by atoms with Crippen LogP contribution in [-0.4, -0.2) is 18.4 Å². The predicted octanol–water partition coefficient (Wildman–Crippen LogP) is 2.82. The summed E-state index contributed by atoms with van der Waals surface area (Å²) in [6.45, 7) is 1.87. The summed E-state index contributed by atoms with van der Waals surface area (Å²) in [6.07, 6.45) is 2.04. The number of anilines is 2. The van der Waals surface area contributed by atoms with E-state index in [9.17, 15) is 14.9 Å². The summed E-state index contributed by atoms with van der Waals surface area (Å²) in [4.78, 5) is 23.2. The molecule has 2 aromatic carbocycles. The number of nitrogens with zero attached hydrogens (tertiary/aromatic N) is 1. The fraction of sp³-hybridized carbons (Fsp3) is 0.150. The van der Waals surface area contributed by atoms with Gasteiger partial charge >= 0.3 is 0 Å². The highest BCUT2D eigenvalue weighted by Gasteiger charge is 2.08. The maximum atomic E-state index is 12.1. The molecule has 0 aromatic heterocycles. The number of nitrogens with one attached hydrogen (secondary N) is 3.